The highest BCUT2D eigenvalue weighted by molar-refractivity contribution is 5.42. The van der Waals surface area contributed by atoms with E-state index in [1.807, 2.05) is 23.9 Å². The van der Waals surface area contributed by atoms with Crippen molar-refractivity contribution in [3.05, 3.63) is 42.1 Å². The molecule has 2 rings (SSSR count). The van der Waals surface area contributed by atoms with Crippen LogP contribution in [0.15, 0.2) is 30.9 Å². The molecule has 5 nitrogen and oxygen atoms in total. The Morgan fingerprint density at radius 3 is 2.72 bits per heavy atom. The Kier molecular flexibility index (Phi) is 3.58. The Balaban J connectivity index is 2.18. The van der Waals surface area contributed by atoms with Gasteiger partial charge in [-0.2, -0.15) is 5.26 Å². The summed E-state index contributed by atoms with van der Waals surface area (Å²) in [7, 11) is 1.97. The van der Waals surface area contributed by atoms with Gasteiger partial charge in [0.05, 0.1) is 24.1 Å². The van der Waals surface area contributed by atoms with E-state index in [-0.39, 0.29) is 0 Å². The molecule has 0 saturated heterocycles. The van der Waals surface area contributed by atoms with Gasteiger partial charge in [-0.1, -0.05) is 0 Å². The van der Waals surface area contributed by atoms with E-state index in [1.165, 1.54) is 0 Å². The minimum absolute atomic E-state index is 0.579. The molecular weight excluding hydrogens is 226 g/mol. The molecule has 0 radical (unpaired) electrons. The van der Waals surface area contributed by atoms with E-state index in [0.717, 1.165) is 24.6 Å². The number of aromatic nitrogens is 3. The quantitative estimate of drug-likeness (QED) is 0.817. The van der Waals surface area contributed by atoms with E-state index in [0.29, 0.717) is 5.56 Å². The van der Waals surface area contributed by atoms with Crippen molar-refractivity contribution >= 4 is 5.82 Å². The number of imidazole rings is 1. The molecule has 0 saturated carbocycles. The van der Waals surface area contributed by atoms with E-state index < -0.39 is 0 Å². The summed E-state index contributed by atoms with van der Waals surface area (Å²) >= 11 is 0. The standard InChI is InChI=1S/C13H15N5/c1-3-18(9-12-8-15-10-17(12)2)13-5-4-11(6-14)7-16-13/h4-5,7-8,10H,3,9H2,1-2H3. The van der Waals surface area contributed by atoms with Crippen LogP contribution in [0.4, 0.5) is 5.82 Å². The molecule has 0 aromatic carbocycles. The summed E-state index contributed by atoms with van der Waals surface area (Å²) in [5.41, 5.74) is 1.71. The van der Waals surface area contributed by atoms with Crippen molar-refractivity contribution in [1.82, 2.24) is 14.5 Å². The number of hydrogen-bond acceptors (Lipinski definition) is 4. The molecule has 0 N–H and O–H groups in total. The van der Waals surface area contributed by atoms with Gasteiger partial charge in [-0.3, -0.25) is 0 Å². The zero-order valence-electron chi connectivity index (χ0n) is 10.5. The summed E-state index contributed by atoms with van der Waals surface area (Å²) in [6.45, 7) is 3.69. The Hall–Kier alpha value is -2.35. The van der Waals surface area contributed by atoms with Gasteiger partial charge >= 0.3 is 0 Å². The lowest BCUT2D eigenvalue weighted by Crippen LogP contribution is -2.24. The van der Waals surface area contributed by atoms with Gasteiger partial charge in [0, 0.05) is 26.0 Å². The number of hydrogen-bond donors (Lipinski definition) is 0. The van der Waals surface area contributed by atoms with Crippen LogP contribution < -0.4 is 4.90 Å². The molecule has 0 fully saturated rings. The lowest BCUT2D eigenvalue weighted by Gasteiger charge is -2.21. The maximum Gasteiger partial charge on any atom is 0.128 e. The lowest BCUT2D eigenvalue weighted by molar-refractivity contribution is 0.745. The van der Waals surface area contributed by atoms with E-state index >= 15 is 0 Å². The van der Waals surface area contributed by atoms with Crippen molar-refractivity contribution in [2.75, 3.05) is 11.4 Å². The Bertz CT molecular complexity index is 550. The van der Waals surface area contributed by atoms with Crippen LogP contribution in [0.3, 0.4) is 0 Å². The van der Waals surface area contributed by atoms with Gasteiger partial charge in [-0.05, 0) is 19.1 Å². The highest BCUT2D eigenvalue weighted by atomic mass is 15.2. The predicted molar refractivity (Wildman–Crippen MR) is 68.9 cm³/mol. The predicted octanol–water partition coefficient (Wildman–Crippen LogP) is 1.71. The Morgan fingerprint density at radius 2 is 2.22 bits per heavy atom. The van der Waals surface area contributed by atoms with Crippen molar-refractivity contribution in [2.24, 2.45) is 7.05 Å². The molecule has 0 aliphatic rings. The van der Waals surface area contributed by atoms with Gasteiger partial charge in [0.15, 0.2) is 0 Å². The fourth-order valence-electron chi connectivity index (χ4n) is 1.73. The first-order valence-electron chi connectivity index (χ1n) is 5.81. The minimum Gasteiger partial charge on any atom is -0.351 e. The van der Waals surface area contributed by atoms with Crippen molar-refractivity contribution < 1.29 is 0 Å². The van der Waals surface area contributed by atoms with Gasteiger partial charge in [-0.25, -0.2) is 9.97 Å². The van der Waals surface area contributed by atoms with Gasteiger partial charge in [-0.15, -0.1) is 0 Å². The SMILES string of the molecule is CCN(Cc1cncn1C)c1ccc(C#N)cn1. The topological polar surface area (TPSA) is 57.7 Å². The van der Waals surface area contributed by atoms with E-state index in [2.05, 4.69) is 27.9 Å². The van der Waals surface area contributed by atoms with Crippen LogP contribution >= 0.6 is 0 Å². The number of pyridine rings is 1. The summed E-state index contributed by atoms with van der Waals surface area (Å²) in [5.74, 6) is 0.873. The van der Waals surface area contributed by atoms with Crippen LogP contribution in [0.25, 0.3) is 0 Å². The number of anilines is 1. The molecular formula is C13H15N5. The number of nitrogens with zero attached hydrogens (tertiary/aromatic N) is 5. The molecule has 18 heavy (non-hydrogen) atoms. The second-order valence-electron chi connectivity index (χ2n) is 4.03. The maximum absolute atomic E-state index is 8.75. The molecule has 0 aliphatic carbocycles. The van der Waals surface area contributed by atoms with Crippen molar-refractivity contribution in [2.45, 2.75) is 13.5 Å². The van der Waals surface area contributed by atoms with Gasteiger partial charge in [0.1, 0.15) is 11.9 Å². The third-order valence-corrected chi connectivity index (χ3v) is 2.85. The summed E-state index contributed by atoms with van der Waals surface area (Å²) < 4.78 is 1.99. The maximum atomic E-state index is 8.75. The van der Waals surface area contributed by atoms with E-state index in [9.17, 15) is 0 Å². The second kappa shape index (κ2) is 5.32. The first-order chi connectivity index (χ1) is 8.74. The summed E-state index contributed by atoms with van der Waals surface area (Å²) in [6.07, 6.45) is 5.24. The molecule has 0 unspecified atom stereocenters. The smallest absolute Gasteiger partial charge is 0.128 e. The zero-order chi connectivity index (χ0) is 13.0. The first-order valence-corrected chi connectivity index (χ1v) is 5.81. The van der Waals surface area contributed by atoms with Crippen LogP contribution in [0.5, 0.6) is 0 Å². The van der Waals surface area contributed by atoms with Crippen LogP contribution in [-0.4, -0.2) is 21.1 Å². The third-order valence-electron chi connectivity index (χ3n) is 2.85. The Labute approximate surface area is 106 Å². The molecule has 0 amide bonds. The van der Waals surface area contributed by atoms with Crippen molar-refractivity contribution in [3.8, 4) is 6.07 Å². The van der Waals surface area contributed by atoms with Gasteiger partial charge in [0.2, 0.25) is 0 Å². The van der Waals surface area contributed by atoms with Gasteiger partial charge in [0.25, 0.3) is 0 Å². The highest BCUT2D eigenvalue weighted by Gasteiger charge is 2.08. The Morgan fingerprint density at radius 1 is 1.39 bits per heavy atom. The first kappa shape index (κ1) is 12.1. The summed E-state index contributed by atoms with van der Waals surface area (Å²) in [6, 6.07) is 5.73. The summed E-state index contributed by atoms with van der Waals surface area (Å²) in [4.78, 5) is 10.5. The zero-order valence-corrected chi connectivity index (χ0v) is 10.5. The number of aryl methyl sites for hydroxylation is 1. The molecule has 0 atom stereocenters. The molecule has 5 heteroatoms. The monoisotopic (exact) mass is 241 g/mol. The summed E-state index contributed by atoms with van der Waals surface area (Å²) in [5, 5.41) is 8.75. The van der Waals surface area contributed by atoms with E-state index in [1.54, 1.807) is 18.6 Å². The van der Waals surface area contributed by atoms with Crippen molar-refractivity contribution in [1.29, 1.82) is 5.26 Å². The van der Waals surface area contributed by atoms with Crippen LogP contribution in [0.2, 0.25) is 0 Å². The fraction of sp³-hybridized carbons (Fsp3) is 0.308. The second-order valence-corrected chi connectivity index (χ2v) is 4.03. The molecule has 2 aromatic rings. The van der Waals surface area contributed by atoms with Crippen LogP contribution in [0.1, 0.15) is 18.2 Å². The molecule has 2 aromatic heterocycles. The average molecular weight is 241 g/mol. The minimum atomic E-state index is 0.579. The largest absolute Gasteiger partial charge is 0.351 e. The molecule has 92 valence electrons. The third kappa shape index (κ3) is 2.48. The van der Waals surface area contributed by atoms with Gasteiger partial charge < -0.3 is 9.47 Å². The van der Waals surface area contributed by atoms with Crippen molar-refractivity contribution in [3.63, 3.8) is 0 Å². The average Bonchev–Trinajstić information content (AvgIpc) is 2.81. The fourth-order valence-corrected chi connectivity index (χ4v) is 1.73. The highest BCUT2D eigenvalue weighted by Crippen LogP contribution is 2.14. The number of nitriles is 1. The normalized spacial score (nSPS) is 10.1. The molecule has 0 spiro atoms. The molecule has 0 aliphatic heterocycles. The van der Waals surface area contributed by atoms with Crippen LogP contribution in [-0.2, 0) is 13.6 Å². The molecule has 0 bridgehead atoms. The number of rotatable bonds is 4. The molecule has 2 heterocycles. The lowest BCUT2D eigenvalue weighted by atomic mass is 10.3. The van der Waals surface area contributed by atoms with Crippen LogP contribution in [0, 0.1) is 11.3 Å². The van der Waals surface area contributed by atoms with E-state index in [4.69, 9.17) is 5.26 Å².